The van der Waals surface area contributed by atoms with Gasteiger partial charge in [0.15, 0.2) is 0 Å². The Morgan fingerprint density at radius 2 is 2.36 bits per heavy atom. The molecule has 0 amide bonds. The van der Waals surface area contributed by atoms with Crippen molar-refractivity contribution < 1.29 is 5.11 Å². The normalized spacial score (nSPS) is 10.1. The molecule has 0 aliphatic heterocycles. The zero-order valence-electron chi connectivity index (χ0n) is 8.21. The van der Waals surface area contributed by atoms with E-state index < -0.39 is 0 Å². The molecule has 4 heteroatoms. The quantitative estimate of drug-likeness (QED) is 0.560. The Hall–Kier alpha value is -1.58. The van der Waals surface area contributed by atoms with Crippen molar-refractivity contribution in [1.29, 1.82) is 0 Å². The number of rotatable bonds is 4. The van der Waals surface area contributed by atoms with E-state index in [-0.39, 0.29) is 11.4 Å². The monoisotopic (exact) mass is 194 g/mol. The fourth-order valence-corrected chi connectivity index (χ4v) is 1.24. The lowest BCUT2D eigenvalue weighted by molar-refractivity contribution is 0.440. The van der Waals surface area contributed by atoms with Gasteiger partial charge in [0.05, 0.1) is 5.56 Å². The summed E-state index contributed by atoms with van der Waals surface area (Å²) in [6.07, 6.45) is 3.94. The Morgan fingerprint density at radius 3 is 2.93 bits per heavy atom. The van der Waals surface area contributed by atoms with E-state index in [1.165, 1.54) is 0 Å². The Bertz CT molecular complexity index is 382. The van der Waals surface area contributed by atoms with Gasteiger partial charge in [0.1, 0.15) is 5.82 Å². The van der Waals surface area contributed by atoms with Crippen LogP contribution in [0.4, 0.5) is 0 Å². The topological polar surface area (TPSA) is 66.0 Å². The summed E-state index contributed by atoms with van der Waals surface area (Å²) in [7, 11) is 0. The summed E-state index contributed by atoms with van der Waals surface area (Å²) in [5.41, 5.74) is 0.108. The van der Waals surface area contributed by atoms with E-state index in [2.05, 4.69) is 16.5 Å². The molecule has 0 saturated heterocycles. The number of H-pyrrole nitrogens is 1. The largest absolute Gasteiger partial charge is 0.493 e. The van der Waals surface area contributed by atoms with Crippen LogP contribution in [0.25, 0.3) is 0 Å². The molecule has 1 aromatic rings. The fraction of sp³-hybridized carbons (Fsp3) is 0.400. The second-order valence-electron chi connectivity index (χ2n) is 3.13. The number of nitrogens with zero attached hydrogens (tertiary/aromatic N) is 1. The van der Waals surface area contributed by atoms with Gasteiger partial charge in [-0.2, -0.15) is 0 Å². The van der Waals surface area contributed by atoms with E-state index in [1.54, 1.807) is 13.0 Å². The van der Waals surface area contributed by atoms with Crippen molar-refractivity contribution in [2.75, 3.05) is 0 Å². The van der Waals surface area contributed by atoms with Crippen LogP contribution in [0.5, 0.6) is 5.88 Å². The molecule has 0 aliphatic rings. The molecule has 0 aliphatic carbocycles. The van der Waals surface area contributed by atoms with Crippen LogP contribution in [0.15, 0.2) is 17.4 Å². The summed E-state index contributed by atoms with van der Waals surface area (Å²) >= 11 is 0. The second-order valence-corrected chi connectivity index (χ2v) is 3.13. The maximum atomic E-state index is 11.4. The molecule has 0 fully saturated rings. The number of aromatic nitrogens is 2. The first-order chi connectivity index (χ1) is 6.65. The fourth-order valence-electron chi connectivity index (χ4n) is 1.24. The molecule has 2 N–H and O–H groups in total. The van der Waals surface area contributed by atoms with Crippen LogP contribution >= 0.6 is 0 Å². The van der Waals surface area contributed by atoms with Gasteiger partial charge < -0.3 is 10.1 Å². The highest BCUT2D eigenvalue weighted by molar-refractivity contribution is 5.22. The van der Waals surface area contributed by atoms with Crippen LogP contribution in [0, 0.1) is 6.92 Å². The van der Waals surface area contributed by atoms with E-state index >= 15 is 0 Å². The standard InChI is InChI=1S/C10H14N2O2/c1-3-4-5-6-8-9(13)11-7(2)12-10(8)14/h3H,1,4-6H2,2H3,(H2,11,12,13,14). The third-order valence-electron chi connectivity index (χ3n) is 1.95. The molecular weight excluding hydrogens is 180 g/mol. The number of hydrogen-bond donors (Lipinski definition) is 2. The number of aryl methyl sites for hydroxylation is 1. The Kier molecular flexibility index (Phi) is 3.45. The van der Waals surface area contributed by atoms with E-state index in [0.717, 1.165) is 12.8 Å². The number of nitrogens with one attached hydrogen (secondary N) is 1. The summed E-state index contributed by atoms with van der Waals surface area (Å²) in [6, 6.07) is 0. The maximum Gasteiger partial charge on any atom is 0.257 e. The molecule has 1 rings (SSSR count). The van der Waals surface area contributed by atoms with Gasteiger partial charge in [0.25, 0.3) is 5.56 Å². The van der Waals surface area contributed by atoms with Crippen molar-refractivity contribution >= 4 is 0 Å². The summed E-state index contributed by atoms with van der Waals surface area (Å²) in [5, 5.41) is 9.41. The van der Waals surface area contributed by atoms with Crippen molar-refractivity contribution in [2.45, 2.75) is 26.2 Å². The Balaban J connectivity index is 2.86. The van der Waals surface area contributed by atoms with Gasteiger partial charge in [-0.1, -0.05) is 6.08 Å². The Labute approximate surface area is 82.3 Å². The zero-order chi connectivity index (χ0) is 10.6. The summed E-state index contributed by atoms with van der Waals surface area (Å²) in [6.45, 7) is 5.22. The number of hydrogen-bond acceptors (Lipinski definition) is 3. The number of allylic oxidation sites excluding steroid dienone is 1. The van der Waals surface area contributed by atoms with E-state index in [1.807, 2.05) is 0 Å². The molecular formula is C10H14N2O2. The van der Waals surface area contributed by atoms with Crippen molar-refractivity contribution in [3.05, 3.63) is 34.4 Å². The molecule has 0 aromatic carbocycles. The summed E-state index contributed by atoms with van der Waals surface area (Å²) < 4.78 is 0. The van der Waals surface area contributed by atoms with Gasteiger partial charge in [0.2, 0.25) is 5.88 Å². The van der Waals surface area contributed by atoms with Crippen LogP contribution < -0.4 is 5.56 Å². The molecule has 0 saturated carbocycles. The lowest BCUT2D eigenvalue weighted by Gasteiger charge is -2.02. The van der Waals surface area contributed by atoms with Gasteiger partial charge >= 0.3 is 0 Å². The summed E-state index contributed by atoms with van der Waals surface area (Å²) in [4.78, 5) is 17.7. The molecule has 4 nitrogen and oxygen atoms in total. The zero-order valence-corrected chi connectivity index (χ0v) is 8.21. The average Bonchev–Trinajstić information content (AvgIpc) is 2.09. The lowest BCUT2D eigenvalue weighted by atomic mass is 10.1. The molecule has 0 radical (unpaired) electrons. The highest BCUT2D eigenvalue weighted by Gasteiger charge is 2.07. The smallest absolute Gasteiger partial charge is 0.257 e. The van der Waals surface area contributed by atoms with Gasteiger partial charge in [-0.05, 0) is 26.2 Å². The van der Waals surface area contributed by atoms with Crippen molar-refractivity contribution in [2.24, 2.45) is 0 Å². The second kappa shape index (κ2) is 4.60. The molecule has 0 spiro atoms. The first-order valence-electron chi connectivity index (χ1n) is 4.54. The molecule has 1 aromatic heterocycles. The molecule has 1 heterocycles. The van der Waals surface area contributed by atoms with Gasteiger partial charge in [-0.3, -0.25) is 4.79 Å². The van der Waals surface area contributed by atoms with E-state index in [9.17, 15) is 9.90 Å². The predicted molar refractivity (Wildman–Crippen MR) is 54.4 cm³/mol. The van der Waals surface area contributed by atoms with E-state index in [0.29, 0.717) is 17.8 Å². The molecule has 0 bridgehead atoms. The number of unbranched alkanes of at least 4 members (excludes halogenated alkanes) is 1. The SMILES string of the molecule is C=CCCCc1c(O)nc(C)[nH]c1=O. The van der Waals surface area contributed by atoms with Crippen molar-refractivity contribution in [3.8, 4) is 5.88 Å². The first-order valence-corrected chi connectivity index (χ1v) is 4.54. The van der Waals surface area contributed by atoms with E-state index in [4.69, 9.17) is 0 Å². The first kappa shape index (κ1) is 10.5. The van der Waals surface area contributed by atoms with Gasteiger partial charge in [0, 0.05) is 0 Å². The maximum absolute atomic E-state index is 11.4. The molecule has 14 heavy (non-hydrogen) atoms. The average molecular weight is 194 g/mol. The summed E-state index contributed by atoms with van der Waals surface area (Å²) in [5.74, 6) is 0.273. The van der Waals surface area contributed by atoms with Crippen LogP contribution in [-0.4, -0.2) is 15.1 Å². The third kappa shape index (κ3) is 2.45. The van der Waals surface area contributed by atoms with Crippen LogP contribution in [0.3, 0.4) is 0 Å². The Morgan fingerprint density at radius 1 is 1.64 bits per heavy atom. The van der Waals surface area contributed by atoms with Crippen molar-refractivity contribution in [1.82, 2.24) is 9.97 Å². The third-order valence-corrected chi connectivity index (χ3v) is 1.95. The van der Waals surface area contributed by atoms with Crippen LogP contribution in [0.1, 0.15) is 24.2 Å². The molecule has 76 valence electrons. The predicted octanol–water partition coefficient (Wildman–Crippen LogP) is 1.29. The highest BCUT2D eigenvalue weighted by Crippen LogP contribution is 2.11. The number of aromatic amines is 1. The molecule has 0 atom stereocenters. The minimum Gasteiger partial charge on any atom is -0.493 e. The van der Waals surface area contributed by atoms with Gasteiger partial charge in [-0.15, -0.1) is 6.58 Å². The lowest BCUT2D eigenvalue weighted by Crippen LogP contribution is -2.15. The van der Waals surface area contributed by atoms with Gasteiger partial charge in [-0.25, -0.2) is 4.98 Å². The highest BCUT2D eigenvalue weighted by atomic mass is 16.3. The number of aromatic hydroxyl groups is 1. The molecule has 0 unspecified atom stereocenters. The van der Waals surface area contributed by atoms with Crippen molar-refractivity contribution in [3.63, 3.8) is 0 Å². The van der Waals surface area contributed by atoms with Crippen LogP contribution in [-0.2, 0) is 6.42 Å². The minimum atomic E-state index is -0.251. The van der Waals surface area contributed by atoms with Crippen LogP contribution in [0.2, 0.25) is 0 Å². The minimum absolute atomic E-state index is 0.157.